The molecule has 0 aromatic heterocycles. The molecule has 0 rings (SSSR count). The van der Waals surface area contributed by atoms with Gasteiger partial charge < -0.3 is 8.93 Å². The maximum atomic E-state index is 9.66. The van der Waals surface area contributed by atoms with Crippen LogP contribution in [-0.4, -0.2) is 17.7 Å². The van der Waals surface area contributed by atoms with Crippen LogP contribution in [0, 0.1) is 0 Å². The quantitative estimate of drug-likeness (QED) is 0.571. The first-order chi connectivity index (χ1) is 2.81. The van der Waals surface area contributed by atoms with E-state index in [1.807, 2.05) is 0 Å². The molecule has 0 aliphatic heterocycles. The van der Waals surface area contributed by atoms with Crippen molar-refractivity contribution >= 4 is 22.2 Å². The highest BCUT2D eigenvalue weighted by Crippen LogP contribution is 1.81. The van der Waals surface area contributed by atoms with Crippen LogP contribution in [0.3, 0.4) is 0 Å². The summed E-state index contributed by atoms with van der Waals surface area (Å²) >= 11 is 2.37. The molecular formula is C2H3BrO3. The van der Waals surface area contributed by atoms with Gasteiger partial charge in [-0.25, -0.2) is 4.79 Å². The summed E-state index contributed by atoms with van der Waals surface area (Å²) in [5.74, 6) is -0.685. The smallest absolute Gasteiger partial charge is 0.343 e. The Hall–Kier alpha value is -0.0900. The van der Waals surface area contributed by atoms with Gasteiger partial charge in [-0.05, 0) is 0 Å². The van der Waals surface area contributed by atoms with Gasteiger partial charge in [0, 0.05) is 0 Å². The van der Waals surface area contributed by atoms with Crippen LogP contribution in [0.5, 0.6) is 0 Å². The molecule has 0 aromatic rings. The second kappa shape index (κ2) is 3.11. The molecule has 0 atom stereocenters. The molecule has 0 saturated heterocycles. The van der Waals surface area contributed by atoms with Crippen molar-refractivity contribution < 1.29 is 13.7 Å². The molecule has 0 saturated carbocycles. The zero-order chi connectivity index (χ0) is 4.99. The summed E-state index contributed by atoms with van der Waals surface area (Å²) in [5.41, 5.74) is 0. The Kier molecular flexibility index (Phi) is 3.07. The minimum Gasteiger partial charge on any atom is -0.385 e. The first-order valence-corrected chi connectivity index (χ1v) is 1.88. The van der Waals surface area contributed by atoms with E-state index in [4.69, 9.17) is 5.11 Å². The molecule has 1 N–H and O–H groups in total. The Bertz CT molecular complexity index is 46.8. The summed E-state index contributed by atoms with van der Waals surface area (Å²) in [4.78, 5) is 9.66. The topological polar surface area (TPSA) is 46.5 Å². The molecule has 0 radical (unpaired) electrons. The van der Waals surface area contributed by atoms with Gasteiger partial charge in [0.05, 0.1) is 0 Å². The molecule has 0 heterocycles. The molecule has 0 unspecified atom stereocenters. The van der Waals surface area contributed by atoms with Gasteiger partial charge in [-0.1, -0.05) is 0 Å². The van der Waals surface area contributed by atoms with E-state index in [0.717, 1.165) is 0 Å². The molecule has 0 spiro atoms. The molecule has 6 heavy (non-hydrogen) atoms. The highest BCUT2D eigenvalue weighted by molar-refractivity contribution is 9.06. The number of halogens is 1. The van der Waals surface area contributed by atoms with Crippen molar-refractivity contribution in [3.8, 4) is 0 Å². The summed E-state index contributed by atoms with van der Waals surface area (Å²) in [6.45, 7) is -0.578. The zero-order valence-electron chi connectivity index (χ0n) is 2.85. The minimum atomic E-state index is -0.685. The number of aliphatic hydroxyl groups is 1. The number of aliphatic hydroxyl groups excluding tert-OH is 1. The Balaban J connectivity index is 2.99. The number of carbonyl (C=O) groups excluding carboxylic acids is 1. The van der Waals surface area contributed by atoms with E-state index in [-0.39, 0.29) is 0 Å². The van der Waals surface area contributed by atoms with Crippen molar-refractivity contribution in [3.63, 3.8) is 0 Å². The van der Waals surface area contributed by atoms with Crippen LogP contribution in [-0.2, 0) is 8.62 Å². The molecule has 0 amide bonds. The molecule has 0 aliphatic rings. The fraction of sp³-hybridized carbons (Fsp3) is 0.500. The van der Waals surface area contributed by atoms with E-state index in [2.05, 4.69) is 20.1 Å². The third-order valence-corrected chi connectivity index (χ3v) is 0.576. The number of hydrogen-bond donors (Lipinski definition) is 1. The van der Waals surface area contributed by atoms with Gasteiger partial charge in [0.15, 0.2) is 16.3 Å². The van der Waals surface area contributed by atoms with Gasteiger partial charge in [-0.15, -0.1) is 0 Å². The van der Waals surface area contributed by atoms with E-state index < -0.39 is 12.6 Å². The van der Waals surface area contributed by atoms with Gasteiger partial charge >= 0.3 is 5.97 Å². The van der Waals surface area contributed by atoms with Crippen LogP contribution >= 0.6 is 16.3 Å². The first kappa shape index (κ1) is 5.91. The number of hydrogen-bond acceptors (Lipinski definition) is 3. The van der Waals surface area contributed by atoms with Crippen molar-refractivity contribution in [1.29, 1.82) is 0 Å². The van der Waals surface area contributed by atoms with Crippen molar-refractivity contribution in [2.75, 3.05) is 6.61 Å². The lowest BCUT2D eigenvalue weighted by molar-refractivity contribution is -0.135. The monoisotopic (exact) mass is 154 g/mol. The normalized spacial score (nSPS) is 7.67. The molecule has 0 bridgehead atoms. The highest BCUT2D eigenvalue weighted by atomic mass is 79.9. The van der Waals surface area contributed by atoms with Crippen LogP contribution in [0.4, 0.5) is 0 Å². The zero-order valence-corrected chi connectivity index (χ0v) is 4.43. The molecule has 0 fully saturated rings. The van der Waals surface area contributed by atoms with E-state index in [0.29, 0.717) is 0 Å². The van der Waals surface area contributed by atoms with Crippen molar-refractivity contribution in [1.82, 2.24) is 0 Å². The Morgan fingerprint density at radius 2 is 2.50 bits per heavy atom. The van der Waals surface area contributed by atoms with Crippen molar-refractivity contribution in [2.45, 2.75) is 0 Å². The summed E-state index contributed by atoms with van der Waals surface area (Å²) < 4.78 is 3.82. The SMILES string of the molecule is O=C(CO)OBr. The van der Waals surface area contributed by atoms with Crippen LogP contribution in [0.15, 0.2) is 0 Å². The highest BCUT2D eigenvalue weighted by Gasteiger charge is 1.91. The van der Waals surface area contributed by atoms with Crippen molar-refractivity contribution in [2.24, 2.45) is 0 Å². The lowest BCUT2D eigenvalue weighted by Gasteiger charge is -1.82. The largest absolute Gasteiger partial charge is 0.385 e. The average Bonchev–Trinajstić information content (AvgIpc) is 1.65. The van der Waals surface area contributed by atoms with Crippen LogP contribution in [0.2, 0.25) is 0 Å². The summed E-state index contributed by atoms with van der Waals surface area (Å²) in [5, 5.41) is 7.83. The molecular weight excluding hydrogens is 152 g/mol. The Labute approximate surface area is 43.4 Å². The van der Waals surface area contributed by atoms with E-state index >= 15 is 0 Å². The molecule has 36 valence electrons. The number of rotatable bonds is 1. The molecule has 3 nitrogen and oxygen atoms in total. The van der Waals surface area contributed by atoms with Gasteiger partial charge in [-0.3, -0.25) is 0 Å². The van der Waals surface area contributed by atoms with E-state index in [1.165, 1.54) is 0 Å². The lowest BCUT2D eigenvalue weighted by Crippen LogP contribution is -2.00. The maximum Gasteiger partial charge on any atom is 0.343 e. The maximum absolute atomic E-state index is 9.66. The van der Waals surface area contributed by atoms with Gasteiger partial charge in [-0.2, -0.15) is 0 Å². The van der Waals surface area contributed by atoms with Gasteiger partial charge in [0.2, 0.25) is 0 Å². The predicted molar refractivity (Wildman–Crippen MR) is 22.1 cm³/mol. The van der Waals surface area contributed by atoms with Gasteiger partial charge in [0.1, 0.15) is 6.61 Å². The molecule has 0 aromatic carbocycles. The molecule has 4 heteroatoms. The number of carbonyl (C=O) groups is 1. The Morgan fingerprint density at radius 1 is 2.00 bits per heavy atom. The lowest BCUT2D eigenvalue weighted by atomic mass is 10.8. The van der Waals surface area contributed by atoms with E-state index in [9.17, 15) is 4.79 Å². The standard InChI is InChI=1S/C2H3BrO3/c3-6-2(5)1-4/h4H,1H2. The fourth-order valence-corrected chi connectivity index (χ4v) is 0.127. The summed E-state index contributed by atoms with van der Waals surface area (Å²) in [6, 6.07) is 0. The third-order valence-electron chi connectivity index (χ3n) is 0.215. The fourth-order valence-electron chi connectivity index (χ4n) is 0.0244. The predicted octanol–water partition coefficient (Wildman–Crippen LogP) is -0.168. The Morgan fingerprint density at radius 3 is 2.50 bits per heavy atom. The second-order valence-electron chi connectivity index (χ2n) is 0.607. The van der Waals surface area contributed by atoms with Crippen molar-refractivity contribution in [3.05, 3.63) is 0 Å². The third kappa shape index (κ3) is 2.17. The minimum absolute atomic E-state index is 0.578. The first-order valence-electron chi connectivity index (χ1n) is 1.23. The summed E-state index contributed by atoms with van der Waals surface area (Å²) in [7, 11) is 0. The second-order valence-corrected chi connectivity index (χ2v) is 0.931. The average molecular weight is 155 g/mol. The van der Waals surface area contributed by atoms with Crippen LogP contribution < -0.4 is 0 Å². The van der Waals surface area contributed by atoms with E-state index in [1.54, 1.807) is 0 Å². The van der Waals surface area contributed by atoms with Crippen LogP contribution in [0.25, 0.3) is 0 Å². The molecule has 0 aliphatic carbocycles. The summed E-state index contributed by atoms with van der Waals surface area (Å²) in [6.07, 6.45) is 0. The van der Waals surface area contributed by atoms with Gasteiger partial charge in [0.25, 0.3) is 0 Å². The van der Waals surface area contributed by atoms with Crippen LogP contribution in [0.1, 0.15) is 0 Å².